The first-order chi connectivity index (χ1) is 11.5. The van der Waals surface area contributed by atoms with E-state index in [0.717, 1.165) is 5.56 Å². The number of ketones is 1. The van der Waals surface area contributed by atoms with E-state index in [0.29, 0.717) is 11.3 Å². The maximum atomic E-state index is 11.7. The second-order valence-electron chi connectivity index (χ2n) is 5.03. The van der Waals surface area contributed by atoms with Crippen molar-refractivity contribution in [2.24, 2.45) is 0 Å². The fourth-order valence-electron chi connectivity index (χ4n) is 1.90. The van der Waals surface area contributed by atoms with Crippen LogP contribution in [0.2, 0.25) is 0 Å². The molecule has 5 heteroatoms. The van der Waals surface area contributed by atoms with Crippen LogP contribution >= 0.6 is 0 Å². The number of ether oxygens (including phenoxy) is 1. The van der Waals surface area contributed by atoms with Gasteiger partial charge < -0.3 is 10.1 Å². The molecule has 0 unspecified atom stereocenters. The minimum atomic E-state index is -0.596. The molecule has 0 saturated heterocycles. The standard InChI is InChI=1S/C19H17NO4/c1-14(21)16-8-10-17(11-9-16)20-18(22)13-24-19(23)12-7-15-5-3-2-4-6-15/h2-12H,13H2,1H3,(H,20,22)/b12-7+. The Kier molecular flexibility index (Phi) is 6.02. The monoisotopic (exact) mass is 323 g/mol. The van der Waals surface area contributed by atoms with Gasteiger partial charge in [-0.2, -0.15) is 0 Å². The van der Waals surface area contributed by atoms with E-state index >= 15 is 0 Å². The van der Waals surface area contributed by atoms with Gasteiger partial charge in [0.25, 0.3) is 5.91 Å². The molecule has 0 atom stereocenters. The topological polar surface area (TPSA) is 72.5 Å². The molecule has 2 rings (SSSR count). The van der Waals surface area contributed by atoms with Gasteiger partial charge in [-0.3, -0.25) is 9.59 Å². The highest BCUT2D eigenvalue weighted by molar-refractivity contribution is 5.96. The van der Waals surface area contributed by atoms with Gasteiger partial charge in [0.2, 0.25) is 0 Å². The van der Waals surface area contributed by atoms with Gasteiger partial charge >= 0.3 is 5.97 Å². The summed E-state index contributed by atoms with van der Waals surface area (Å²) in [5.74, 6) is -1.10. The molecule has 1 amide bonds. The van der Waals surface area contributed by atoms with Crippen molar-refractivity contribution in [3.05, 3.63) is 71.8 Å². The molecule has 2 aromatic carbocycles. The number of carbonyl (C=O) groups excluding carboxylic acids is 3. The van der Waals surface area contributed by atoms with Crippen molar-refractivity contribution >= 4 is 29.4 Å². The molecule has 122 valence electrons. The summed E-state index contributed by atoms with van der Waals surface area (Å²) in [5.41, 5.74) is 1.95. The molecule has 0 aromatic heterocycles. The number of Topliss-reactive ketones (excluding diaryl/α,β-unsaturated/α-hetero) is 1. The maximum absolute atomic E-state index is 11.7. The normalized spacial score (nSPS) is 10.4. The van der Waals surface area contributed by atoms with Crippen LogP contribution in [-0.4, -0.2) is 24.3 Å². The lowest BCUT2D eigenvalue weighted by Gasteiger charge is -2.06. The highest BCUT2D eigenvalue weighted by Crippen LogP contribution is 2.10. The zero-order chi connectivity index (χ0) is 17.4. The predicted molar refractivity (Wildman–Crippen MR) is 91.5 cm³/mol. The van der Waals surface area contributed by atoms with E-state index in [1.807, 2.05) is 30.3 Å². The summed E-state index contributed by atoms with van der Waals surface area (Å²) < 4.78 is 4.87. The lowest BCUT2D eigenvalue weighted by atomic mass is 10.1. The molecule has 2 aromatic rings. The van der Waals surface area contributed by atoms with Crippen molar-refractivity contribution in [1.82, 2.24) is 0 Å². The van der Waals surface area contributed by atoms with E-state index in [1.165, 1.54) is 13.0 Å². The number of nitrogens with one attached hydrogen (secondary N) is 1. The van der Waals surface area contributed by atoms with E-state index in [1.54, 1.807) is 30.3 Å². The molecule has 0 aliphatic rings. The Labute approximate surface area is 140 Å². The lowest BCUT2D eigenvalue weighted by molar-refractivity contribution is -0.142. The fraction of sp³-hybridized carbons (Fsp3) is 0.105. The highest BCUT2D eigenvalue weighted by Gasteiger charge is 2.06. The van der Waals surface area contributed by atoms with Gasteiger partial charge in [0.15, 0.2) is 12.4 Å². The average Bonchev–Trinajstić information content (AvgIpc) is 2.59. The van der Waals surface area contributed by atoms with Crippen LogP contribution in [0.3, 0.4) is 0 Å². The summed E-state index contributed by atoms with van der Waals surface area (Å²) in [7, 11) is 0. The van der Waals surface area contributed by atoms with E-state index < -0.39 is 11.9 Å². The van der Waals surface area contributed by atoms with Crippen LogP contribution in [0.25, 0.3) is 6.08 Å². The third-order valence-corrected chi connectivity index (χ3v) is 3.13. The molecular formula is C19H17NO4. The minimum Gasteiger partial charge on any atom is -0.452 e. The number of hydrogen-bond acceptors (Lipinski definition) is 4. The first-order valence-electron chi connectivity index (χ1n) is 7.35. The zero-order valence-electron chi connectivity index (χ0n) is 13.2. The summed E-state index contributed by atoms with van der Waals surface area (Å²) in [6.07, 6.45) is 2.88. The molecule has 0 heterocycles. The number of anilines is 1. The second kappa shape index (κ2) is 8.43. The Morgan fingerprint density at radius 1 is 1.00 bits per heavy atom. The molecule has 0 bridgehead atoms. The third kappa shape index (κ3) is 5.53. The molecule has 0 saturated carbocycles. The third-order valence-electron chi connectivity index (χ3n) is 3.13. The molecular weight excluding hydrogens is 306 g/mol. The van der Waals surface area contributed by atoms with E-state index in [2.05, 4.69) is 5.32 Å². The van der Waals surface area contributed by atoms with Gasteiger partial charge in [0.1, 0.15) is 0 Å². The van der Waals surface area contributed by atoms with E-state index in [9.17, 15) is 14.4 Å². The van der Waals surface area contributed by atoms with E-state index in [4.69, 9.17) is 4.74 Å². The van der Waals surface area contributed by atoms with Crippen molar-refractivity contribution in [3.8, 4) is 0 Å². The molecule has 1 N–H and O–H groups in total. The first-order valence-corrected chi connectivity index (χ1v) is 7.35. The Balaban J connectivity index is 1.79. The van der Waals surface area contributed by atoms with Crippen molar-refractivity contribution in [2.75, 3.05) is 11.9 Å². The van der Waals surface area contributed by atoms with Crippen molar-refractivity contribution in [1.29, 1.82) is 0 Å². The quantitative estimate of drug-likeness (QED) is 0.504. The van der Waals surface area contributed by atoms with Gasteiger partial charge in [0, 0.05) is 17.3 Å². The largest absolute Gasteiger partial charge is 0.452 e. The summed E-state index contributed by atoms with van der Waals surface area (Å²) in [6.45, 7) is 1.09. The number of hydrogen-bond donors (Lipinski definition) is 1. The van der Waals surface area contributed by atoms with Crippen LogP contribution < -0.4 is 5.32 Å². The zero-order valence-corrected chi connectivity index (χ0v) is 13.2. The van der Waals surface area contributed by atoms with Crippen molar-refractivity contribution < 1.29 is 19.1 Å². The molecule has 5 nitrogen and oxygen atoms in total. The Morgan fingerprint density at radius 2 is 1.67 bits per heavy atom. The highest BCUT2D eigenvalue weighted by atomic mass is 16.5. The number of esters is 1. The smallest absolute Gasteiger partial charge is 0.331 e. The molecule has 0 radical (unpaired) electrons. The summed E-state index contributed by atoms with van der Waals surface area (Å²) in [6, 6.07) is 15.8. The van der Waals surface area contributed by atoms with Gasteiger partial charge in [-0.25, -0.2) is 4.79 Å². The number of carbonyl (C=O) groups is 3. The van der Waals surface area contributed by atoms with Gasteiger partial charge in [0.05, 0.1) is 0 Å². The first kappa shape index (κ1) is 17.1. The SMILES string of the molecule is CC(=O)c1ccc(NC(=O)COC(=O)/C=C/c2ccccc2)cc1. The van der Waals surface area contributed by atoms with Crippen LogP contribution in [-0.2, 0) is 14.3 Å². The predicted octanol–water partition coefficient (Wildman–Crippen LogP) is 3.08. The summed E-state index contributed by atoms with van der Waals surface area (Å²) in [4.78, 5) is 34.5. The number of benzene rings is 2. The second-order valence-corrected chi connectivity index (χ2v) is 5.03. The lowest BCUT2D eigenvalue weighted by Crippen LogP contribution is -2.20. The summed E-state index contributed by atoms with van der Waals surface area (Å²) in [5, 5.41) is 2.59. The van der Waals surface area contributed by atoms with Crippen LogP contribution in [0.5, 0.6) is 0 Å². The fourth-order valence-corrected chi connectivity index (χ4v) is 1.90. The maximum Gasteiger partial charge on any atom is 0.331 e. The minimum absolute atomic E-state index is 0.0491. The summed E-state index contributed by atoms with van der Waals surface area (Å²) >= 11 is 0. The average molecular weight is 323 g/mol. The van der Waals surface area contributed by atoms with Crippen LogP contribution in [0.4, 0.5) is 5.69 Å². The molecule has 0 fully saturated rings. The molecule has 0 spiro atoms. The van der Waals surface area contributed by atoms with Crippen molar-refractivity contribution in [2.45, 2.75) is 6.92 Å². The van der Waals surface area contributed by atoms with Gasteiger partial charge in [-0.15, -0.1) is 0 Å². The molecule has 0 aliphatic carbocycles. The molecule has 0 aliphatic heterocycles. The van der Waals surface area contributed by atoms with Gasteiger partial charge in [-0.1, -0.05) is 30.3 Å². The Bertz CT molecular complexity index is 749. The van der Waals surface area contributed by atoms with Crippen LogP contribution in [0.15, 0.2) is 60.7 Å². The van der Waals surface area contributed by atoms with Crippen molar-refractivity contribution in [3.63, 3.8) is 0 Å². The molecule has 24 heavy (non-hydrogen) atoms. The number of amides is 1. The van der Waals surface area contributed by atoms with Crippen LogP contribution in [0, 0.1) is 0 Å². The Morgan fingerprint density at radius 3 is 2.29 bits per heavy atom. The van der Waals surface area contributed by atoms with Crippen LogP contribution in [0.1, 0.15) is 22.8 Å². The van der Waals surface area contributed by atoms with E-state index in [-0.39, 0.29) is 12.4 Å². The van der Waals surface area contributed by atoms with Gasteiger partial charge in [-0.05, 0) is 42.8 Å². The Hall–Kier alpha value is -3.21. The number of rotatable bonds is 6.